The summed E-state index contributed by atoms with van der Waals surface area (Å²) in [5.41, 5.74) is 3.91. The largest absolute Gasteiger partial charge is 0.228 e. The number of nitrogens with zero attached hydrogens (tertiary/aromatic N) is 2. The van der Waals surface area contributed by atoms with Crippen molar-refractivity contribution in [2.45, 2.75) is 0 Å². The summed E-state index contributed by atoms with van der Waals surface area (Å²) in [5.74, 6) is 0.724. The predicted octanol–water partition coefficient (Wildman–Crippen LogP) is 13.0. The Balaban J connectivity index is 1.46. The highest BCUT2D eigenvalue weighted by molar-refractivity contribution is 6.30. The number of hydrogen-bond acceptors (Lipinski definition) is 2. The van der Waals surface area contributed by atoms with Crippen molar-refractivity contribution in [1.82, 2.24) is 9.97 Å². The summed E-state index contributed by atoms with van der Waals surface area (Å²) in [4.78, 5) is 10.3. The molecule has 0 aliphatic carbocycles. The molecule has 0 aliphatic heterocycles. The van der Waals surface area contributed by atoms with Gasteiger partial charge in [-0.1, -0.05) is 170 Å². The molecule has 0 unspecified atom stereocenters. The van der Waals surface area contributed by atoms with E-state index in [1.165, 1.54) is 64.6 Å². The third-order valence-corrected chi connectivity index (χ3v) is 10.1. The van der Waals surface area contributed by atoms with Crippen LogP contribution in [0.25, 0.3) is 98.2 Å². The minimum Gasteiger partial charge on any atom is -0.228 e. The fraction of sp³-hybridized carbons (Fsp3) is 0. The smallest absolute Gasteiger partial charge is 0.160 e. The SMILES string of the molecule is c1ccc(-c2nc(-c3ccc4c5ccccc5c5ccccc5c5ccccc5c5c6ccccc6ccc5c4c3)c3ccccc3n2)cc1. The van der Waals surface area contributed by atoms with Gasteiger partial charge in [0.1, 0.15) is 0 Å². The van der Waals surface area contributed by atoms with Crippen molar-refractivity contribution >= 4 is 75.5 Å². The second-order valence-electron chi connectivity index (χ2n) is 12.9. The van der Waals surface area contributed by atoms with E-state index in [9.17, 15) is 0 Å². The molecule has 2 nitrogen and oxygen atoms in total. The summed E-state index contributed by atoms with van der Waals surface area (Å²) < 4.78 is 0. The van der Waals surface area contributed by atoms with Crippen molar-refractivity contribution in [3.05, 3.63) is 182 Å². The van der Waals surface area contributed by atoms with Gasteiger partial charge in [-0.05, 0) is 76.8 Å². The first kappa shape index (κ1) is 28.4. The first-order valence-corrected chi connectivity index (χ1v) is 17.1. The van der Waals surface area contributed by atoms with E-state index < -0.39 is 0 Å². The molecule has 10 aromatic rings. The zero-order valence-corrected chi connectivity index (χ0v) is 27.2. The molecule has 0 saturated heterocycles. The molecule has 50 heavy (non-hydrogen) atoms. The minimum atomic E-state index is 0.724. The van der Waals surface area contributed by atoms with Crippen LogP contribution in [0, 0.1) is 0 Å². The zero-order valence-electron chi connectivity index (χ0n) is 27.2. The molecule has 0 N–H and O–H groups in total. The molecule has 9 aromatic carbocycles. The van der Waals surface area contributed by atoms with Crippen LogP contribution in [0.2, 0.25) is 0 Å². The average molecular weight is 635 g/mol. The van der Waals surface area contributed by atoms with E-state index >= 15 is 0 Å². The van der Waals surface area contributed by atoms with Gasteiger partial charge in [0.05, 0.1) is 11.2 Å². The number of aromatic nitrogens is 2. The lowest BCUT2D eigenvalue weighted by Crippen LogP contribution is -1.95. The van der Waals surface area contributed by atoms with Gasteiger partial charge in [-0.3, -0.25) is 0 Å². The van der Waals surface area contributed by atoms with Crippen molar-refractivity contribution in [3.8, 4) is 22.6 Å². The molecule has 0 spiro atoms. The van der Waals surface area contributed by atoms with Crippen molar-refractivity contribution in [1.29, 1.82) is 0 Å². The van der Waals surface area contributed by atoms with Gasteiger partial charge in [0, 0.05) is 16.5 Å². The number of rotatable bonds is 2. The molecule has 1 aromatic heterocycles. The van der Waals surface area contributed by atoms with Crippen LogP contribution in [0.3, 0.4) is 0 Å². The van der Waals surface area contributed by atoms with E-state index in [0.717, 1.165) is 33.5 Å². The predicted molar refractivity (Wildman–Crippen MR) is 213 cm³/mol. The molecule has 232 valence electrons. The molecule has 0 radical (unpaired) electrons. The molecule has 0 amide bonds. The Morgan fingerprint density at radius 3 is 1.44 bits per heavy atom. The van der Waals surface area contributed by atoms with Crippen molar-refractivity contribution < 1.29 is 0 Å². The maximum Gasteiger partial charge on any atom is 0.160 e. The Hall–Kier alpha value is -6.64. The molecule has 1 heterocycles. The Labute approximate surface area is 289 Å². The summed E-state index contributed by atoms with van der Waals surface area (Å²) >= 11 is 0. The van der Waals surface area contributed by atoms with Crippen LogP contribution in [0.5, 0.6) is 0 Å². The highest BCUT2D eigenvalue weighted by Crippen LogP contribution is 2.40. The van der Waals surface area contributed by atoms with Gasteiger partial charge in [-0.25, -0.2) is 9.97 Å². The van der Waals surface area contributed by atoms with Gasteiger partial charge in [0.25, 0.3) is 0 Å². The fourth-order valence-corrected chi connectivity index (χ4v) is 7.79. The number of hydrogen-bond donors (Lipinski definition) is 0. The summed E-state index contributed by atoms with van der Waals surface area (Å²) in [6.45, 7) is 0. The Kier molecular flexibility index (Phi) is 6.53. The molecule has 10 rings (SSSR count). The first-order valence-electron chi connectivity index (χ1n) is 17.1. The lowest BCUT2D eigenvalue weighted by Gasteiger charge is -2.13. The second kappa shape index (κ2) is 11.5. The summed E-state index contributed by atoms with van der Waals surface area (Å²) in [6.07, 6.45) is 0. The van der Waals surface area contributed by atoms with Crippen LogP contribution in [0.15, 0.2) is 182 Å². The van der Waals surface area contributed by atoms with E-state index in [2.05, 4.69) is 164 Å². The highest BCUT2D eigenvalue weighted by atomic mass is 14.9. The Morgan fingerprint density at radius 2 is 0.760 bits per heavy atom. The van der Waals surface area contributed by atoms with E-state index in [1.54, 1.807) is 0 Å². The molecule has 0 aliphatic rings. The lowest BCUT2D eigenvalue weighted by atomic mass is 9.91. The van der Waals surface area contributed by atoms with Crippen LogP contribution in [0.1, 0.15) is 0 Å². The lowest BCUT2D eigenvalue weighted by molar-refractivity contribution is 1.23. The molecular weight excluding hydrogens is 605 g/mol. The monoisotopic (exact) mass is 634 g/mol. The summed E-state index contributed by atoms with van der Waals surface area (Å²) in [7, 11) is 0. The third-order valence-electron chi connectivity index (χ3n) is 10.1. The van der Waals surface area contributed by atoms with Crippen molar-refractivity contribution in [2.75, 3.05) is 0 Å². The van der Waals surface area contributed by atoms with Crippen LogP contribution in [0.4, 0.5) is 0 Å². The average Bonchev–Trinajstić information content (AvgIpc) is 3.20. The van der Waals surface area contributed by atoms with Crippen LogP contribution in [-0.2, 0) is 0 Å². The zero-order chi connectivity index (χ0) is 33.0. The normalized spacial score (nSPS) is 11.6. The van der Waals surface area contributed by atoms with Gasteiger partial charge >= 0.3 is 0 Å². The molecule has 2 heteroatoms. The topological polar surface area (TPSA) is 25.8 Å². The van der Waals surface area contributed by atoms with Crippen LogP contribution >= 0.6 is 0 Å². The minimum absolute atomic E-state index is 0.724. The fourth-order valence-electron chi connectivity index (χ4n) is 7.79. The maximum absolute atomic E-state index is 5.27. The number of para-hydroxylation sites is 1. The third kappa shape index (κ3) is 4.50. The molecular formula is C48H30N2. The molecule has 0 bridgehead atoms. The quantitative estimate of drug-likeness (QED) is 0.189. The Bertz CT molecular complexity index is 3040. The summed E-state index contributed by atoms with van der Waals surface area (Å²) in [6, 6.07) is 65.5. The molecule has 0 atom stereocenters. The van der Waals surface area contributed by atoms with Crippen molar-refractivity contribution in [2.24, 2.45) is 0 Å². The first-order chi connectivity index (χ1) is 24.8. The maximum atomic E-state index is 5.27. The van der Waals surface area contributed by atoms with E-state index in [4.69, 9.17) is 9.97 Å². The van der Waals surface area contributed by atoms with Gasteiger partial charge < -0.3 is 0 Å². The van der Waals surface area contributed by atoms with Gasteiger partial charge in [0.15, 0.2) is 5.82 Å². The van der Waals surface area contributed by atoms with Crippen LogP contribution in [-0.4, -0.2) is 9.97 Å². The summed E-state index contributed by atoms with van der Waals surface area (Å²) in [5, 5.41) is 15.6. The highest BCUT2D eigenvalue weighted by Gasteiger charge is 2.15. The Morgan fingerprint density at radius 1 is 0.280 bits per heavy atom. The number of benzene rings is 8. The van der Waals surface area contributed by atoms with E-state index in [1.807, 2.05) is 18.2 Å². The van der Waals surface area contributed by atoms with Gasteiger partial charge in [0.2, 0.25) is 0 Å². The molecule has 0 saturated carbocycles. The van der Waals surface area contributed by atoms with E-state index in [0.29, 0.717) is 0 Å². The number of fused-ring (bicyclic) bond motifs is 13. The van der Waals surface area contributed by atoms with Gasteiger partial charge in [-0.15, -0.1) is 0 Å². The second-order valence-corrected chi connectivity index (χ2v) is 12.9. The van der Waals surface area contributed by atoms with Crippen LogP contribution < -0.4 is 0 Å². The van der Waals surface area contributed by atoms with Crippen molar-refractivity contribution in [3.63, 3.8) is 0 Å². The molecule has 0 fully saturated rings. The standard InChI is InChI=1S/C48H30N2/c1-2-15-32(16-3-1)48-49-45-25-13-12-24-43(45)47(50-48)33-27-28-40-38-21-9-7-19-36(38)35-18-6-8-20-37(35)39-22-10-11-23-41(39)46-34-17-5-4-14-31(34)26-29-42(46)44(40)30-33/h1-30H. The van der Waals surface area contributed by atoms with E-state index in [-0.39, 0.29) is 0 Å². The van der Waals surface area contributed by atoms with Gasteiger partial charge in [-0.2, -0.15) is 0 Å².